The maximum atomic E-state index is 12.8. The number of allylic oxidation sites excluding steroid dienone is 2. The number of ketones is 1. The van der Waals surface area contributed by atoms with Crippen LogP contribution < -0.4 is 0 Å². The van der Waals surface area contributed by atoms with E-state index in [0.717, 1.165) is 16.7 Å². The predicted molar refractivity (Wildman–Crippen MR) is 100 cm³/mol. The molecule has 6 heteroatoms. The summed E-state index contributed by atoms with van der Waals surface area (Å²) in [5, 5.41) is 10.8. The van der Waals surface area contributed by atoms with Gasteiger partial charge in [0.15, 0.2) is 5.78 Å². The molecule has 0 spiro atoms. The van der Waals surface area contributed by atoms with Gasteiger partial charge in [0.1, 0.15) is 5.92 Å². The second kappa shape index (κ2) is 7.95. The number of rotatable bonds is 5. The fourth-order valence-corrected chi connectivity index (χ4v) is 3.39. The number of carbonyl (C=O) groups excluding carboxylic acids is 2. The van der Waals surface area contributed by atoms with Crippen molar-refractivity contribution in [3.8, 4) is 0 Å². The zero-order chi connectivity index (χ0) is 19.4. The topological polar surface area (TPSA) is 86.5 Å². The van der Waals surface area contributed by atoms with Crippen molar-refractivity contribution in [2.75, 3.05) is 6.61 Å². The number of hydrogen-bond donors (Lipinski definition) is 0. The highest BCUT2D eigenvalue weighted by Crippen LogP contribution is 2.40. The Labute approximate surface area is 156 Å². The van der Waals surface area contributed by atoms with E-state index in [9.17, 15) is 19.7 Å². The number of esters is 1. The molecule has 27 heavy (non-hydrogen) atoms. The van der Waals surface area contributed by atoms with Gasteiger partial charge >= 0.3 is 5.97 Å². The van der Waals surface area contributed by atoms with Crippen molar-refractivity contribution < 1.29 is 19.2 Å². The summed E-state index contributed by atoms with van der Waals surface area (Å²) < 4.78 is 5.12. The Kier molecular flexibility index (Phi) is 5.45. The molecule has 2 aromatic carbocycles. The minimum Gasteiger partial charge on any atom is -0.465 e. The fraction of sp³-hybridized carbons (Fsp3) is 0.238. The lowest BCUT2D eigenvalue weighted by atomic mass is 9.73. The molecule has 6 nitrogen and oxygen atoms in total. The average Bonchev–Trinajstić information content (AvgIpc) is 2.68. The molecule has 0 bridgehead atoms. The molecule has 0 amide bonds. The van der Waals surface area contributed by atoms with Crippen LogP contribution in [0.25, 0.3) is 5.57 Å². The Balaban J connectivity index is 1.98. The lowest BCUT2D eigenvalue weighted by molar-refractivity contribution is -0.384. The summed E-state index contributed by atoms with van der Waals surface area (Å²) in [6.07, 6.45) is 1.93. The van der Waals surface area contributed by atoms with Crippen molar-refractivity contribution in [1.82, 2.24) is 0 Å². The van der Waals surface area contributed by atoms with E-state index in [1.54, 1.807) is 19.1 Å². The second-order valence-electron chi connectivity index (χ2n) is 6.33. The lowest BCUT2D eigenvalue weighted by Gasteiger charge is -2.29. The van der Waals surface area contributed by atoms with Gasteiger partial charge in [0.25, 0.3) is 5.69 Å². The maximum Gasteiger partial charge on any atom is 0.317 e. The maximum absolute atomic E-state index is 12.8. The summed E-state index contributed by atoms with van der Waals surface area (Å²) in [5.74, 6) is -2.04. The van der Waals surface area contributed by atoms with Gasteiger partial charge in [-0.05, 0) is 48.3 Å². The van der Waals surface area contributed by atoms with Crippen molar-refractivity contribution in [3.63, 3.8) is 0 Å². The first-order valence-electron chi connectivity index (χ1n) is 8.72. The molecule has 2 atom stereocenters. The van der Waals surface area contributed by atoms with Crippen molar-refractivity contribution >= 4 is 23.0 Å². The Morgan fingerprint density at radius 1 is 1.15 bits per heavy atom. The fourth-order valence-electron chi connectivity index (χ4n) is 3.39. The van der Waals surface area contributed by atoms with E-state index in [1.807, 2.05) is 30.3 Å². The third-order valence-electron chi connectivity index (χ3n) is 4.68. The van der Waals surface area contributed by atoms with Crippen LogP contribution >= 0.6 is 0 Å². The van der Waals surface area contributed by atoms with Crippen LogP contribution in [0.15, 0.2) is 60.7 Å². The molecule has 138 valence electrons. The minimum atomic E-state index is -0.880. The molecular weight excluding hydrogens is 346 g/mol. The van der Waals surface area contributed by atoms with Gasteiger partial charge in [0.05, 0.1) is 11.5 Å². The van der Waals surface area contributed by atoms with Crippen LogP contribution in [0.3, 0.4) is 0 Å². The molecule has 1 aliphatic carbocycles. The first-order valence-corrected chi connectivity index (χ1v) is 8.72. The Morgan fingerprint density at radius 3 is 2.41 bits per heavy atom. The lowest BCUT2D eigenvalue weighted by Crippen LogP contribution is -2.34. The largest absolute Gasteiger partial charge is 0.465 e. The quantitative estimate of drug-likeness (QED) is 0.347. The SMILES string of the molecule is CCOC(=O)[C@H]1C(=O)C=C(c2ccc([N+](=O)[O-])cc2)C[C@@H]1c1ccccc1. The van der Waals surface area contributed by atoms with Gasteiger partial charge in [-0.3, -0.25) is 19.7 Å². The summed E-state index contributed by atoms with van der Waals surface area (Å²) in [7, 11) is 0. The molecule has 0 aliphatic heterocycles. The molecule has 0 heterocycles. The van der Waals surface area contributed by atoms with Crippen LogP contribution in [0, 0.1) is 16.0 Å². The van der Waals surface area contributed by atoms with Crippen molar-refractivity contribution in [1.29, 1.82) is 0 Å². The van der Waals surface area contributed by atoms with E-state index < -0.39 is 16.8 Å². The van der Waals surface area contributed by atoms with Crippen LogP contribution in [-0.4, -0.2) is 23.3 Å². The predicted octanol–water partition coefficient (Wildman–Crippen LogP) is 3.91. The van der Waals surface area contributed by atoms with Gasteiger partial charge in [0.2, 0.25) is 0 Å². The molecule has 0 saturated heterocycles. The number of nitrogens with zero attached hydrogens (tertiary/aromatic N) is 1. The van der Waals surface area contributed by atoms with Crippen LogP contribution in [0.5, 0.6) is 0 Å². The molecule has 0 saturated carbocycles. The molecule has 2 aromatic rings. The third-order valence-corrected chi connectivity index (χ3v) is 4.68. The van der Waals surface area contributed by atoms with E-state index in [2.05, 4.69) is 0 Å². The van der Waals surface area contributed by atoms with E-state index in [4.69, 9.17) is 4.74 Å². The number of non-ortho nitro benzene ring substituents is 1. The highest BCUT2D eigenvalue weighted by molar-refractivity contribution is 6.10. The minimum absolute atomic E-state index is 0.00880. The summed E-state index contributed by atoms with van der Waals surface area (Å²) in [5.41, 5.74) is 2.36. The van der Waals surface area contributed by atoms with E-state index in [0.29, 0.717) is 6.42 Å². The number of hydrogen-bond acceptors (Lipinski definition) is 5. The van der Waals surface area contributed by atoms with Crippen molar-refractivity contribution in [2.45, 2.75) is 19.3 Å². The van der Waals surface area contributed by atoms with Crippen molar-refractivity contribution in [2.24, 2.45) is 5.92 Å². The number of nitro benzene ring substituents is 1. The van der Waals surface area contributed by atoms with Crippen LogP contribution in [0.4, 0.5) is 5.69 Å². The smallest absolute Gasteiger partial charge is 0.317 e. The summed E-state index contributed by atoms with van der Waals surface area (Å²) >= 11 is 0. The standard InChI is InChI=1S/C21H19NO5/c1-2-27-21(24)20-18(15-6-4-3-5-7-15)12-16(13-19(20)23)14-8-10-17(11-9-14)22(25)26/h3-11,13,18,20H,2,12H2,1H3/t18-,20-/m1/s1. The highest BCUT2D eigenvalue weighted by Gasteiger charge is 2.39. The first kappa shape index (κ1) is 18.5. The van der Waals surface area contributed by atoms with E-state index >= 15 is 0 Å². The van der Waals surface area contributed by atoms with E-state index in [1.165, 1.54) is 18.2 Å². The van der Waals surface area contributed by atoms with Crippen molar-refractivity contribution in [3.05, 3.63) is 81.9 Å². The molecule has 0 unspecified atom stereocenters. The van der Waals surface area contributed by atoms with Gasteiger partial charge in [-0.25, -0.2) is 0 Å². The summed E-state index contributed by atoms with van der Waals surface area (Å²) in [6, 6.07) is 15.5. The van der Waals surface area contributed by atoms with Gasteiger partial charge in [-0.15, -0.1) is 0 Å². The monoisotopic (exact) mass is 365 g/mol. The van der Waals surface area contributed by atoms with Gasteiger partial charge in [-0.2, -0.15) is 0 Å². The van der Waals surface area contributed by atoms with Gasteiger partial charge in [0, 0.05) is 18.1 Å². The van der Waals surface area contributed by atoms with Crippen LogP contribution in [0.1, 0.15) is 30.4 Å². The Morgan fingerprint density at radius 2 is 1.81 bits per heavy atom. The average molecular weight is 365 g/mol. The van der Waals surface area contributed by atoms with Gasteiger partial charge < -0.3 is 4.74 Å². The third kappa shape index (κ3) is 3.95. The molecule has 0 radical (unpaired) electrons. The van der Waals surface area contributed by atoms with Crippen LogP contribution in [-0.2, 0) is 14.3 Å². The molecule has 3 rings (SSSR count). The molecule has 0 aromatic heterocycles. The van der Waals surface area contributed by atoms with E-state index in [-0.39, 0.29) is 24.0 Å². The summed E-state index contributed by atoms with van der Waals surface area (Å²) in [6.45, 7) is 1.92. The molecule has 0 N–H and O–H groups in total. The number of nitro groups is 1. The molecule has 0 fully saturated rings. The van der Waals surface area contributed by atoms with Gasteiger partial charge in [-0.1, -0.05) is 30.3 Å². The zero-order valence-corrected chi connectivity index (χ0v) is 14.8. The summed E-state index contributed by atoms with van der Waals surface area (Å²) in [4.78, 5) is 35.6. The number of benzene rings is 2. The molecule has 1 aliphatic rings. The molecular formula is C21H19NO5. The normalized spacial score (nSPS) is 19.3. The number of carbonyl (C=O) groups is 2. The highest BCUT2D eigenvalue weighted by atomic mass is 16.6. The number of ether oxygens (including phenoxy) is 1. The zero-order valence-electron chi connectivity index (χ0n) is 14.8. The second-order valence-corrected chi connectivity index (χ2v) is 6.33. The first-order chi connectivity index (χ1) is 13.0. The Bertz CT molecular complexity index is 887. The Hall–Kier alpha value is -3.28. The van der Waals surface area contributed by atoms with Crippen LogP contribution in [0.2, 0.25) is 0 Å².